The Morgan fingerprint density at radius 2 is 2.08 bits per heavy atom. The number of aliphatic hydroxyl groups is 1. The van der Waals surface area contributed by atoms with Crippen molar-refractivity contribution in [3.8, 4) is 0 Å². The quantitative estimate of drug-likeness (QED) is 0.397. The lowest BCUT2D eigenvalue weighted by Crippen LogP contribution is -2.50. The molecule has 1 heterocycles. The van der Waals surface area contributed by atoms with Gasteiger partial charge in [-0.2, -0.15) is 0 Å². The maximum atomic E-state index is 12.1. The van der Waals surface area contributed by atoms with E-state index in [2.05, 4.69) is 13.8 Å². The van der Waals surface area contributed by atoms with E-state index in [0.29, 0.717) is 11.5 Å². The van der Waals surface area contributed by atoms with E-state index in [-0.39, 0.29) is 6.61 Å². The van der Waals surface area contributed by atoms with Crippen LogP contribution >= 0.6 is 0 Å². The average Bonchev–Trinajstić information content (AvgIpc) is 2.52. The Hall–Kier alpha value is -1.62. The minimum atomic E-state index is -0.725. The lowest BCUT2D eigenvalue weighted by Gasteiger charge is -2.35. The summed E-state index contributed by atoms with van der Waals surface area (Å²) in [5.41, 5.74) is 2.21. The normalized spacial score (nSPS) is 23.1. The Kier molecular flexibility index (Phi) is 8.19. The van der Waals surface area contributed by atoms with Crippen LogP contribution < -0.4 is 0 Å². The summed E-state index contributed by atoms with van der Waals surface area (Å²) in [6.07, 6.45) is 5.77. The molecular weight excluding hydrogens is 308 g/mol. The molecule has 5 nitrogen and oxygen atoms in total. The number of methoxy groups -OCH3 is 1. The summed E-state index contributed by atoms with van der Waals surface area (Å²) in [7, 11) is 1.30. The molecule has 0 aromatic rings. The van der Waals surface area contributed by atoms with Crippen LogP contribution in [-0.4, -0.2) is 36.9 Å². The first-order chi connectivity index (χ1) is 11.3. The minimum Gasteiger partial charge on any atom is -0.466 e. The summed E-state index contributed by atoms with van der Waals surface area (Å²) >= 11 is 0. The van der Waals surface area contributed by atoms with Crippen LogP contribution in [0.4, 0.5) is 0 Å². The number of aliphatic hydroxyl groups excluding tert-OH is 1. The number of rotatable bonds is 9. The first-order valence-corrected chi connectivity index (χ1v) is 8.63. The predicted molar refractivity (Wildman–Crippen MR) is 92.2 cm³/mol. The van der Waals surface area contributed by atoms with Gasteiger partial charge in [0.05, 0.1) is 19.3 Å². The molecule has 1 rings (SSSR count). The average molecular weight is 338 g/mol. The second-order valence-electron chi connectivity index (χ2n) is 6.68. The Labute approximate surface area is 144 Å². The highest BCUT2D eigenvalue weighted by Crippen LogP contribution is 2.31. The molecule has 0 aromatic heterocycles. The van der Waals surface area contributed by atoms with Crippen LogP contribution in [0.3, 0.4) is 0 Å². The standard InChI is InChI=1S/C19H30O5/c1-6-7-8-12(2)9-13(3)10-14(4)16(19(22)23-5)17-15(11-20)18(21)24-17/h10,12,15,17,20H,6-9,11H2,1-5H3/b13-10+,16-14+. The second-order valence-corrected chi connectivity index (χ2v) is 6.68. The number of allylic oxidation sites excluding steroid dienone is 3. The number of hydrogen-bond acceptors (Lipinski definition) is 5. The molecule has 3 unspecified atom stereocenters. The minimum absolute atomic E-state index is 0.316. The van der Waals surface area contributed by atoms with Gasteiger partial charge < -0.3 is 14.6 Å². The van der Waals surface area contributed by atoms with Gasteiger partial charge in [0.25, 0.3) is 0 Å². The summed E-state index contributed by atoms with van der Waals surface area (Å²) < 4.78 is 9.91. The van der Waals surface area contributed by atoms with Gasteiger partial charge in [-0.3, -0.25) is 4.79 Å². The summed E-state index contributed by atoms with van der Waals surface area (Å²) in [6.45, 7) is 7.92. The summed E-state index contributed by atoms with van der Waals surface area (Å²) in [6, 6.07) is 0. The molecule has 0 aliphatic carbocycles. The zero-order chi connectivity index (χ0) is 18.3. The van der Waals surface area contributed by atoms with E-state index in [9.17, 15) is 14.7 Å². The molecule has 0 saturated carbocycles. The molecule has 0 spiro atoms. The first kappa shape index (κ1) is 20.4. The third-order valence-electron chi connectivity index (χ3n) is 4.41. The summed E-state index contributed by atoms with van der Waals surface area (Å²) in [5.74, 6) is -1.11. The van der Waals surface area contributed by atoms with Gasteiger partial charge in [0.1, 0.15) is 12.0 Å². The van der Waals surface area contributed by atoms with Gasteiger partial charge in [-0.15, -0.1) is 0 Å². The monoisotopic (exact) mass is 338 g/mol. The van der Waals surface area contributed by atoms with Crippen LogP contribution in [0.2, 0.25) is 0 Å². The van der Waals surface area contributed by atoms with E-state index in [1.54, 1.807) is 0 Å². The summed E-state index contributed by atoms with van der Waals surface area (Å²) in [5, 5.41) is 9.30. The van der Waals surface area contributed by atoms with Crippen LogP contribution in [0.15, 0.2) is 22.8 Å². The molecule has 0 aromatic carbocycles. The van der Waals surface area contributed by atoms with Gasteiger partial charge in [0.2, 0.25) is 0 Å². The maximum absolute atomic E-state index is 12.1. The molecule has 136 valence electrons. The summed E-state index contributed by atoms with van der Waals surface area (Å²) in [4.78, 5) is 23.5. The fourth-order valence-corrected chi connectivity index (χ4v) is 3.10. The lowest BCUT2D eigenvalue weighted by atomic mass is 9.87. The van der Waals surface area contributed by atoms with Crippen LogP contribution in [0.5, 0.6) is 0 Å². The molecule has 1 fully saturated rings. The number of cyclic esters (lactones) is 1. The lowest BCUT2D eigenvalue weighted by molar-refractivity contribution is -0.184. The number of ether oxygens (including phenoxy) is 2. The Morgan fingerprint density at radius 1 is 1.42 bits per heavy atom. The van der Waals surface area contributed by atoms with Crippen molar-refractivity contribution in [2.24, 2.45) is 11.8 Å². The molecule has 1 N–H and O–H groups in total. The fraction of sp³-hybridized carbons (Fsp3) is 0.684. The van der Waals surface area contributed by atoms with Crippen molar-refractivity contribution in [3.63, 3.8) is 0 Å². The molecule has 0 bridgehead atoms. The van der Waals surface area contributed by atoms with E-state index >= 15 is 0 Å². The number of esters is 2. The van der Waals surface area contributed by atoms with E-state index in [1.165, 1.54) is 31.9 Å². The van der Waals surface area contributed by atoms with Crippen LogP contribution in [0, 0.1) is 11.8 Å². The number of hydrogen-bond donors (Lipinski definition) is 1. The van der Waals surface area contributed by atoms with Gasteiger partial charge >= 0.3 is 11.9 Å². The molecule has 1 aliphatic rings. The molecular formula is C19H30O5. The van der Waals surface area contributed by atoms with Gasteiger partial charge in [-0.25, -0.2) is 4.79 Å². The fourth-order valence-electron chi connectivity index (χ4n) is 3.10. The highest BCUT2D eigenvalue weighted by Gasteiger charge is 2.47. The van der Waals surface area contributed by atoms with Crippen molar-refractivity contribution in [2.45, 2.75) is 59.5 Å². The molecule has 3 atom stereocenters. The van der Waals surface area contributed by atoms with Gasteiger partial charge in [-0.05, 0) is 31.8 Å². The molecule has 24 heavy (non-hydrogen) atoms. The first-order valence-electron chi connectivity index (χ1n) is 8.63. The smallest absolute Gasteiger partial charge is 0.337 e. The highest BCUT2D eigenvalue weighted by atomic mass is 16.6. The highest BCUT2D eigenvalue weighted by molar-refractivity contribution is 5.95. The third kappa shape index (κ3) is 5.20. The van der Waals surface area contributed by atoms with Crippen molar-refractivity contribution in [1.29, 1.82) is 0 Å². The predicted octanol–water partition coefficient (Wildman–Crippen LogP) is 3.17. The van der Waals surface area contributed by atoms with Crippen LogP contribution in [0.1, 0.15) is 53.4 Å². The van der Waals surface area contributed by atoms with Crippen molar-refractivity contribution in [2.75, 3.05) is 13.7 Å². The molecule has 1 aliphatic heterocycles. The third-order valence-corrected chi connectivity index (χ3v) is 4.41. The van der Waals surface area contributed by atoms with E-state index in [0.717, 1.165) is 12.0 Å². The topological polar surface area (TPSA) is 72.8 Å². The Bertz CT molecular complexity index is 518. The largest absolute Gasteiger partial charge is 0.466 e. The van der Waals surface area contributed by atoms with Crippen LogP contribution in [0.25, 0.3) is 0 Å². The van der Waals surface area contributed by atoms with Gasteiger partial charge in [0.15, 0.2) is 0 Å². The van der Waals surface area contributed by atoms with E-state index in [4.69, 9.17) is 9.47 Å². The number of carbonyl (C=O) groups excluding carboxylic acids is 2. The van der Waals surface area contributed by atoms with Crippen LogP contribution in [-0.2, 0) is 19.1 Å². The molecule has 0 radical (unpaired) electrons. The van der Waals surface area contributed by atoms with Gasteiger partial charge in [0, 0.05) is 0 Å². The van der Waals surface area contributed by atoms with Crippen molar-refractivity contribution < 1.29 is 24.2 Å². The number of carbonyl (C=O) groups is 2. The number of unbranched alkanes of at least 4 members (excludes halogenated alkanes) is 1. The molecule has 0 amide bonds. The second kappa shape index (κ2) is 9.62. The van der Waals surface area contributed by atoms with Crippen molar-refractivity contribution >= 4 is 11.9 Å². The van der Waals surface area contributed by atoms with Crippen molar-refractivity contribution in [3.05, 3.63) is 22.8 Å². The van der Waals surface area contributed by atoms with Gasteiger partial charge in [-0.1, -0.05) is 44.8 Å². The Balaban J connectivity index is 2.95. The molecule has 5 heteroatoms. The maximum Gasteiger partial charge on any atom is 0.337 e. The zero-order valence-corrected chi connectivity index (χ0v) is 15.4. The Morgan fingerprint density at radius 3 is 2.58 bits per heavy atom. The van der Waals surface area contributed by atoms with Crippen molar-refractivity contribution in [1.82, 2.24) is 0 Å². The van der Waals surface area contributed by atoms with E-state index in [1.807, 2.05) is 19.9 Å². The zero-order valence-electron chi connectivity index (χ0n) is 15.4. The SMILES string of the molecule is CCCCC(C)C/C(C)=C/C(C)=C(/C(=O)OC)C1OC(=O)C1CO. The van der Waals surface area contributed by atoms with E-state index < -0.39 is 24.0 Å². The molecule has 1 saturated heterocycles.